The van der Waals surface area contributed by atoms with E-state index in [1.807, 2.05) is 0 Å². The van der Waals surface area contributed by atoms with Gasteiger partial charge in [0.2, 0.25) is 0 Å². The maximum Gasteiger partial charge on any atom is 0.305 e. The Labute approximate surface area is 354 Å². The van der Waals surface area contributed by atoms with Crippen molar-refractivity contribution in [3.63, 3.8) is 0 Å². The molecule has 0 aromatic rings. The molecule has 0 radical (unpaired) electrons. The third-order valence-electron chi connectivity index (χ3n) is 7.67. The topological polar surface area (TPSA) is 185 Å². The fraction of sp³-hybridized carbons (Fsp3) is 0.976. The Morgan fingerprint density at radius 1 is 0.288 bits per heavy atom. The van der Waals surface area contributed by atoms with Gasteiger partial charge in [-0.05, 0) is 6.42 Å². The van der Waals surface area contributed by atoms with E-state index in [0.717, 1.165) is 12.8 Å². The number of aliphatic hydroxyl groups is 1. The second-order valence-corrected chi connectivity index (χ2v) is 12.6. The monoisotopic (exact) mass is 863 g/mol. The third kappa shape index (κ3) is 54.8. The number of aliphatic hydroxyl groups excluding tert-OH is 1. The number of ether oxygens (including phenoxy) is 16. The Bertz CT molecular complexity index is 772. The van der Waals surface area contributed by atoms with Crippen molar-refractivity contribution in [2.24, 2.45) is 0 Å². The molecule has 0 heterocycles. The highest BCUT2D eigenvalue weighted by molar-refractivity contribution is 5.69. The van der Waals surface area contributed by atoms with Gasteiger partial charge in [-0.15, -0.1) is 0 Å². The minimum Gasteiger partial charge on any atom is -0.463 e. The zero-order valence-electron chi connectivity index (χ0n) is 36.5. The van der Waals surface area contributed by atoms with Gasteiger partial charge < -0.3 is 80.9 Å². The molecule has 354 valence electrons. The van der Waals surface area contributed by atoms with Gasteiger partial charge in [-0.3, -0.25) is 4.79 Å². The summed E-state index contributed by atoms with van der Waals surface area (Å²) in [5, 5.41) is 8.59. The third-order valence-corrected chi connectivity index (χ3v) is 7.67. The molecule has 18 heteroatoms. The van der Waals surface area contributed by atoms with E-state index in [1.165, 1.54) is 25.7 Å². The van der Waals surface area contributed by atoms with Crippen LogP contribution in [0.25, 0.3) is 0 Å². The van der Waals surface area contributed by atoms with Crippen LogP contribution >= 0.6 is 0 Å². The van der Waals surface area contributed by atoms with E-state index >= 15 is 0 Å². The highest BCUT2D eigenvalue weighted by Crippen LogP contribution is 2.07. The smallest absolute Gasteiger partial charge is 0.305 e. The van der Waals surface area contributed by atoms with Crippen molar-refractivity contribution in [1.29, 1.82) is 0 Å². The molecule has 0 saturated carbocycles. The predicted molar refractivity (Wildman–Crippen MR) is 218 cm³/mol. The van der Waals surface area contributed by atoms with Crippen LogP contribution < -0.4 is 0 Å². The molecule has 0 bridgehead atoms. The summed E-state index contributed by atoms with van der Waals surface area (Å²) in [5.41, 5.74) is 0. The van der Waals surface area contributed by atoms with Crippen molar-refractivity contribution in [2.75, 3.05) is 211 Å². The van der Waals surface area contributed by atoms with E-state index in [0.29, 0.717) is 205 Å². The first kappa shape index (κ1) is 57.8. The minimum atomic E-state index is -0.148. The molecule has 0 atom stereocenters. The van der Waals surface area contributed by atoms with E-state index in [2.05, 4.69) is 6.92 Å². The molecule has 0 rings (SSSR count). The lowest BCUT2D eigenvalue weighted by atomic mass is 10.1. The SMILES string of the molecule is CCCCCCCCC(=O)OCCOCCOCCOCCOCCOCCOCCOCCOCCOCCOCCOCCOCCOCCOCCOCCO. The first-order valence-electron chi connectivity index (χ1n) is 21.7. The lowest BCUT2D eigenvalue weighted by Gasteiger charge is -2.09. The van der Waals surface area contributed by atoms with Crippen LogP contribution in [-0.2, 0) is 80.6 Å². The van der Waals surface area contributed by atoms with Crippen LogP contribution in [0.2, 0.25) is 0 Å². The van der Waals surface area contributed by atoms with E-state index in [1.54, 1.807) is 0 Å². The van der Waals surface area contributed by atoms with E-state index < -0.39 is 0 Å². The second-order valence-electron chi connectivity index (χ2n) is 12.6. The Balaban J connectivity index is 3.09. The van der Waals surface area contributed by atoms with Crippen LogP contribution in [0.15, 0.2) is 0 Å². The summed E-state index contributed by atoms with van der Waals surface area (Å²) in [4.78, 5) is 11.7. The molecule has 0 aromatic carbocycles. The largest absolute Gasteiger partial charge is 0.463 e. The summed E-state index contributed by atoms with van der Waals surface area (Å²) in [6.07, 6.45) is 7.39. The average Bonchev–Trinajstić information content (AvgIpc) is 3.24. The molecular formula is C41H82O18. The molecule has 0 aliphatic rings. The molecular weight excluding hydrogens is 780 g/mol. The summed E-state index contributed by atoms with van der Waals surface area (Å²) in [5.74, 6) is -0.148. The molecule has 0 aliphatic carbocycles. The Morgan fingerprint density at radius 2 is 0.492 bits per heavy atom. The number of rotatable bonds is 54. The Kier molecular flexibility index (Phi) is 53.8. The van der Waals surface area contributed by atoms with Crippen molar-refractivity contribution in [3.8, 4) is 0 Å². The van der Waals surface area contributed by atoms with Crippen molar-refractivity contribution in [2.45, 2.75) is 51.9 Å². The molecule has 18 nitrogen and oxygen atoms in total. The molecule has 0 aromatic heterocycles. The van der Waals surface area contributed by atoms with Gasteiger partial charge in [0.15, 0.2) is 0 Å². The lowest BCUT2D eigenvalue weighted by molar-refractivity contribution is -0.145. The zero-order chi connectivity index (χ0) is 42.5. The number of unbranched alkanes of at least 4 members (excludes halogenated alkanes) is 5. The van der Waals surface area contributed by atoms with Gasteiger partial charge in [0.25, 0.3) is 0 Å². The van der Waals surface area contributed by atoms with Crippen LogP contribution in [0, 0.1) is 0 Å². The number of carbonyl (C=O) groups is 1. The maximum absolute atomic E-state index is 11.7. The zero-order valence-corrected chi connectivity index (χ0v) is 36.5. The minimum absolute atomic E-state index is 0.0205. The standard InChI is InChI=1S/C41H82O18/c1-2-3-4-5-6-7-8-41(43)59-40-39-58-38-37-57-36-35-56-34-33-55-32-31-54-30-29-53-28-27-52-26-25-51-24-23-50-22-21-49-20-19-48-18-17-47-16-15-46-14-13-45-12-11-44-10-9-42/h42H,2-40H2,1H3. The van der Waals surface area contributed by atoms with Crippen molar-refractivity contribution >= 4 is 5.97 Å². The van der Waals surface area contributed by atoms with Crippen LogP contribution in [0.1, 0.15) is 51.9 Å². The number of carbonyl (C=O) groups excluding carboxylic acids is 1. The van der Waals surface area contributed by atoms with Gasteiger partial charge in [-0.1, -0.05) is 39.0 Å². The molecule has 0 unspecified atom stereocenters. The van der Waals surface area contributed by atoms with Gasteiger partial charge in [0.05, 0.1) is 205 Å². The average molecular weight is 863 g/mol. The highest BCUT2D eigenvalue weighted by Gasteiger charge is 2.03. The van der Waals surface area contributed by atoms with E-state index in [-0.39, 0.29) is 19.2 Å². The number of hydrogen-bond donors (Lipinski definition) is 1. The Hall–Kier alpha value is -1.17. The molecule has 0 saturated heterocycles. The van der Waals surface area contributed by atoms with Crippen molar-refractivity contribution in [3.05, 3.63) is 0 Å². The molecule has 0 fully saturated rings. The first-order valence-corrected chi connectivity index (χ1v) is 21.7. The fourth-order valence-electron chi connectivity index (χ4n) is 4.58. The first-order chi connectivity index (χ1) is 29.3. The second kappa shape index (κ2) is 54.8. The van der Waals surface area contributed by atoms with Gasteiger partial charge in [-0.2, -0.15) is 0 Å². The van der Waals surface area contributed by atoms with E-state index in [9.17, 15) is 4.79 Å². The summed E-state index contributed by atoms with van der Waals surface area (Å²) in [6.45, 7) is 16.9. The van der Waals surface area contributed by atoms with Crippen LogP contribution in [0.5, 0.6) is 0 Å². The summed E-state index contributed by atoms with van der Waals surface area (Å²) in [7, 11) is 0. The van der Waals surface area contributed by atoms with Gasteiger partial charge in [-0.25, -0.2) is 0 Å². The van der Waals surface area contributed by atoms with Crippen molar-refractivity contribution in [1.82, 2.24) is 0 Å². The number of esters is 1. The van der Waals surface area contributed by atoms with Crippen LogP contribution in [-0.4, -0.2) is 222 Å². The predicted octanol–water partition coefficient (Wildman–Crippen LogP) is 2.52. The lowest BCUT2D eigenvalue weighted by Crippen LogP contribution is -2.16. The highest BCUT2D eigenvalue weighted by atomic mass is 16.6. The molecule has 0 amide bonds. The molecule has 1 N–H and O–H groups in total. The maximum atomic E-state index is 11.7. The summed E-state index contributed by atoms with van der Waals surface area (Å²) >= 11 is 0. The van der Waals surface area contributed by atoms with Crippen LogP contribution in [0.4, 0.5) is 0 Å². The molecule has 0 spiro atoms. The molecule has 59 heavy (non-hydrogen) atoms. The molecule has 0 aliphatic heterocycles. The normalized spacial score (nSPS) is 11.6. The van der Waals surface area contributed by atoms with Gasteiger partial charge in [0, 0.05) is 6.42 Å². The Morgan fingerprint density at radius 3 is 0.729 bits per heavy atom. The summed E-state index contributed by atoms with van der Waals surface area (Å²) in [6, 6.07) is 0. The van der Waals surface area contributed by atoms with Crippen molar-refractivity contribution < 1.29 is 85.7 Å². The van der Waals surface area contributed by atoms with Gasteiger partial charge in [0.1, 0.15) is 6.61 Å². The quantitative estimate of drug-likeness (QED) is 0.0694. The van der Waals surface area contributed by atoms with Gasteiger partial charge >= 0.3 is 5.97 Å². The van der Waals surface area contributed by atoms with Crippen LogP contribution in [0.3, 0.4) is 0 Å². The fourth-order valence-corrected chi connectivity index (χ4v) is 4.58. The number of hydrogen-bond acceptors (Lipinski definition) is 18. The summed E-state index contributed by atoms with van der Waals surface area (Å²) < 4.78 is 86.8. The van der Waals surface area contributed by atoms with E-state index in [4.69, 9.17) is 80.9 Å².